The molecule has 2 aliphatic carbocycles. The van der Waals surface area contributed by atoms with Crippen molar-refractivity contribution < 1.29 is 32.3 Å². The Balaban J connectivity index is 1.38. The summed E-state index contributed by atoms with van der Waals surface area (Å²) in [5.74, 6) is -1.11. The van der Waals surface area contributed by atoms with Gasteiger partial charge in [0.15, 0.2) is 5.78 Å². The fraction of sp³-hybridized carbons (Fsp3) is 0.517. The van der Waals surface area contributed by atoms with Crippen molar-refractivity contribution in [1.29, 1.82) is 0 Å². The zero-order chi connectivity index (χ0) is 29.7. The van der Waals surface area contributed by atoms with Gasteiger partial charge in [0, 0.05) is 29.4 Å². The van der Waals surface area contributed by atoms with Gasteiger partial charge < -0.3 is 9.47 Å². The number of rotatable bonds is 9. The highest BCUT2D eigenvalue weighted by Crippen LogP contribution is 2.57. The third-order valence-electron chi connectivity index (χ3n) is 7.79. The number of carbonyl (C=O) groups excluding carboxylic acids is 3. The largest absolute Gasteiger partial charge is 0.472 e. The highest BCUT2D eigenvalue weighted by atomic mass is 35.5. The number of hydrogen-bond donors (Lipinski definition) is 1. The second kappa shape index (κ2) is 10.6. The smallest absolute Gasteiger partial charge is 0.411 e. The molecule has 12 heteroatoms. The van der Waals surface area contributed by atoms with Crippen LogP contribution in [0.5, 0.6) is 5.88 Å². The highest BCUT2D eigenvalue weighted by Gasteiger charge is 2.61. The number of amides is 2. The fourth-order valence-corrected chi connectivity index (χ4v) is 6.94. The lowest BCUT2D eigenvalue weighted by molar-refractivity contribution is -0.131. The summed E-state index contributed by atoms with van der Waals surface area (Å²) >= 11 is 6.20. The molecular weight excluding hydrogens is 570 g/mol. The Hall–Kier alpha value is -3.18. The van der Waals surface area contributed by atoms with E-state index in [4.69, 9.17) is 21.1 Å². The standard InChI is InChI=1S/C29H34ClN3O7S/c1-5-18-14-29(18,26(35)32-41(37,38)21-8-9-21)15-24(34)23-13-20(16-33(23)27(36)40-28(2,3)4)39-25-22-12-19(30)7-6-17(22)10-11-31-25/h5-7,10-12,18,20-21,23H,1,8-9,13-16H2,2-4H3,(H,32,35)/t18-,20-,23?,29-/m1/s1. The highest BCUT2D eigenvalue weighted by molar-refractivity contribution is 7.90. The number of carbonyl (C=O) groups is 3. The molecule has 5 rings (SSSR count). The monoisotopic (exact) mass is 603 g/mol. The van der Waals surface area contributed by atoms with Crippen LogP contribution in [0.4, 0.5) is 4.79 Å². The Bertz CT molecular complexity index is 1520. The summed E-state index contributed by atoms with van der Waals surface area (Å²) in [6.45, 7) is 9.01. The normalized spacial score (nSPS) is 26.0. The zero-order valence-corrected chi connectivity index (χ0v) is 24.8. The third-order valence-corrected chi connectivity index (χ3v) is 9.84. The molecule has 3 fully saturated rings. The second-order valence-electron chi connectivity index (χ2n) is 12.1. The van der Waals surface area contributed by atoms with Gasteiger partial charge in [0.25, 0.3) is 0 Å². The van der Waals surface area contributed by atoms with Crippen molar-refractivity contribution in [2.24, 2.45) is 11.3 Å². The molecule has 220 valence electrons. The molecule has 1 N–H and O–H groups in total. The molecule has 1 unspecified atom stereocenters. The first-order valence-electron chi connectivity index (χ1n) is 13.6. The minimum absolute atomic E-state index is 0.0596. The summed E-state index contributed by atoms with van der Waals surface area (Å²) < 4.78 is 39.0. The zero-order valence-electron chi connectivity index (χ0n) is 23.3. The van der Waals surface area contributed by atoms with Crippen molar-refractivity contribution in [3.8, 4) is 5.88 Å². The van der Waals surface area contributed by atoms with Gasteiger partial charge in [-0.25, -0.2) is 18.2 Å². The quantitative estimate of drug-likeness (QED) is 0.417. The van der Waals surface area contributed by atoms with Gasteiger partial charge in [-0.15, -0.1) is 6.58 Å². The average Bonchev–Trinajstić information content (AvgIpc) is 3.80. The number of pyridine rings is 1. The number of fused-ring (bicyclic) bond motifs is 1. The fourth-order valence-electron chi connectivity index (χ4n) is 5.38. The predicted molar refractivity (Wildman–Crippen MR) is 153 cm³/mol. The molecule has 2 aromatic rings. The number of halogens is 1. The van der Waals surface area contributed by atoms with E-state index < -0.39 is 50.4 Å². The summed E-state index contributed by atoms with van der Waals surface area (Å²) in [5.41, 5.74) is -2.03. The number of nitrogens with one attached hydrogen (secondary N) is 1. The van der Waals surface area contributed by atoms with Gasteiger partial charge in [-0.05, 0) is 69.5 Å². The number of ether oxygens (including phenoxy) is 2. The molecule has 0 bridgehead atoms. The molecule has 2 heterocycles. The molecule has 1 aliphatic heterocycles. The summed E-state index contributed by atoms with van der Waals surface area (Å²) in [5, 5.41) is 1.50. The van der Waals surface area contributed by atoms with E-state index in [9.17, 15) is 22.8 Å². The lowest BCUT2D eigenvalue weighted by atomic mass is 9.91. The van der Waals surface area contributed by atoms with Gasteiger partial charge in [0.2, 0.25) is 21.8 Å². The minimum atomic E-state index is -3.79. The second-order valence-corrected chi connectivity index (χ2v) is 14.5. The number of likely N-dealkylation sites (tertiary alicyclic amines) is 1. The van der Waals surface area contributed by atoms with Crippen LogP contribution in [0.25, 0.3) is 10.8 Å². The maximum absolute atomic E-state index is 13.8. The van der Waals surface area contributed by atoms with E-state index in [0.29, 0.717) is 35.6 Å². The van der Waals surface area contributed by atoms with Crippen LogP contribution < -0.4 is 9.46 Å². The number of aromatic nitrogens is 1. The van der Waals surface area contributed by atoms with E-state index in [0.717, 1.165) is 5.39 Å². The molecule has 3 aliphatic rings. The molecule has 1 aromatic carbocycles. The van der Waals surface area contributed by atoms with Crippen LogP contribution in [-0.4, -0.2) is 65.6 Å². The number of allylic oxidation sites excluding steroid dienone is 1. The van der Waals surface area contributed by atoms with Crippen LogP contribution in [-0.2, 0) is 24.3 Å². The van der Waals surface area contributed by atoms with Gasteiger partial charge in [-0.3, -0.25) is 19.2 Å². The van der Waals surface area contributed by atoms with Crippen LogP contribution in [0, 0.1) is 11.3 Å². The van der Waals surface area contributed by atoms with Crippen LogP contribution in [0.2, 0.25) is 5.02 Å². The van der Waals surface area contributed by atoms with Crippen molar-refractivity contribution in [2.45, 2.75) is 75.9 Å². The Morgan fingerprint density at radius 2 is 1.98 bits per heavy atom. The minimum Gasteiger partial charge on any atom is -0.472 e. The van der Waals surface area contributed by atoms with E-state index in [2.05, 4.69) is 16.3 Å². The number of benzene rings is 1. The van der Waals surface area contributed by atoms with Crippen molar-refractivity contribution in [1.82, 2.24) is 14.6 Å². The molecule has 1 saturated heterocycles. The average molecular weight is 604 g/mol. The molecule has 41 heavy (non-hydrogen) atoms. The maximum atomic E-state index is 13.8. The number of ketones is 1. The molecule has 0 spiro atoms. The number of sulfonamides is 1. The number of Topliss-reactive ketones (excluding diaryl/α,β-unsaturated/α-hetero) is 1. The van der Waals surface area contributed by atoms with Crippen molar-refractivity contribution in [2.75, 3.05) is 6.54 Å². The maximum Gasteiger partial charge on any atom is 0.411 e. The molecule has 4 atom stereocenters. The molecule has 2 saturated carbocycles. The van der Waals surface area contributed by atoms with Crippen molar-refractivity contribution in [3.05, 3.63) is 48.1 Å². The Morgan fingerprint density at radius 1 is 1.24 bits per heavy atom. The lowest BCUT2D eigenvalue weighted by Crippen LogP contribution is -2.46. The van der Waals surface area contributed by atoms with Gasteiger partial charge in [0.1, 0.15) is 11.7 Å². The van der Waals surface area contributed by atoms with E-state index >= 15 is 0 Å². The summed E-state index contributed by atoms with van der Waals surface area (Å²) in [6, 6.07) is 6.23. The summed E-state index contributed by atoms with van der Waals surface area (Å²) in [4.78, 5) is 45.9. The van der Waals surface area contributed by atoms with Crippen LogP contribution in [0.3, 0.4) is 0 Å². The Kier molecular flexibility index (Phi) is 7.57. The van der Waals surface area contributed by atoms with Crippen molar-refractivity contribution in [3.63, 3.8) is 0 Å². The molecule has 0 radical (unpaired) electrons. The van der Waals surface area contributed by atoms with Gasteiger partial charge in [0.05, 0.1) is 23.3 Å². The first kappa shape index (κ1) is 29.3. The van der Waals surface area contributed by atoms with Crippen LogP contribution >= 0.6 is 11.6 Å². The Morgan fingerprint density at radius 3 is 2.61 bits per heavy atom. The van der Waals surface area contributed by atoms with E-state index in [1.54, 1.807) is 45.2 Å². The summed E-state index contributed by atoms with van der Waals surface area (Å²) in [6.07, 6.45) is 3.12. The van der Waals surface area contributed by atoms with Crippen LogP contribution in [0.15, 0.2) is 43.1 Å². The molecular formula is C29H34ClN3O7S. The van der Waals surface area contributed by atoms with Gasteiger partial charge >= 0.3 is 6.09 Å². The summed E-state index contributed by atoms with van der Waals surface area (Å²) in [7, 11) is -3.79. The van der Waals surface area contributed by atoms with E-state index in [-0.39, 0.29) is 31.1 Å². The number of nitrogens with zero attached hydrogens (tertiary/aromatic N) is 2. The topological polar surface area (TPSA) is 132 Å². The van der Waals surface area contributed by atoms with E-state index in [1.165, 1.54) is 4.90 Å². The third kappa shape index (κ3) is 6.21. The van der Waals surface area contributed by atoms with Gasteiger partial charge in [-0.1, -0.05) is 23.7 Å². The molecule has 1 aromatic heterocycles. The van der Waals surface area contributed by atoms with Crippen LogP contribution in [0.1, 0.15) is 52.9 Å². The lowest BCUT2D eigenvalue weighted by Gasteiger charge is -2.28. The SMILES string of the molecule is C=C[C@@H]1C[C@]1(CC(=O)C1C[C@@H](Oc2nccc3ccc(Cl)cc23)CN1C(=O)OC(C)(C)C)C(=O)NS(=O)(=O)C1CC1. The van der Waals surface area contributed by atoms with E-state index in [1.807, 2.05) is 12.1 Å². The Labute approximate surface area is 244 Å². The first-order valence-corrected chi connectivity index (χ1v) is 15.6. The predicted octanol–water partition coefficient (Wildman–Crippen LogP) is 4.40. The van der Waals surface area contributed by atoms with Crippen molar-refractivity contribution >= 4 is 50.2 Å². The molecule has 2 amide bonds. The first-order chi connectivity index (χ1) is 19.2. The van der Waals surface area contributed by atoms with Gasteiger partial charge in [-0.2, -0.15) is 0 Å². The number of hydrogen-bond acceptors (Lipinski definition) is 8. The molecule has 10 nitrogen and oxygen atoms in total.